The van der Waals surface area contributed by atoms with E-state index in [0.717, 1.165) is 34.4 Å². The van der Waals surface area contributed by atoms with E-state index in [2.05, 4.69) is 25.8 Å². The van der Waals surface area contributed by atoms with Crippen molar-refractivity contribution in [3.8, 4) is 16.8 Å². The number of hydrogen-bond acceptors (Lipinski definition) is 8. The molecule has 0 unspecified atom stereocenters. The molecule has 132 valence electrons. The van der Waals surface area contributed by atoms with Gasteiger partial charge in [0, 0.05) is 17.1 Å². The maximum absolute atomic E-state index is 12.6. The lowest BCUT2D eigenvalue weighted by atomic mass is 10.1. The minimum Gasteiger partial charge on any atom is -0.298 e. The molecular weight excluding hydrogens is 386 g/mol. The zero-order valence-electron chi connectivity index (χ0n) is 14.0. The number of thioether (sulfide) groups is 1. The van der Waals surface area contributed by atoms with Crippen molar-refractivity contribution in [2.45, 2.75) is 36.9 Å². The lowest BCUT2D eigenvalue weighted by molar-refractivity contribution is -0.116. The number of nitriles is 1. The van der Waals surface area contributed by atoms with Crippen LogP contribution in [0.4, 0.5) is 0 Å². The van der Waals surface area contributed by atoms with E-state index in [1.54, 1.807) is 11.3 Å². The average Bonchev–Trinajstić information content (AvgIpc) is 3.04. The van der Waals surface area contributed by atoms with Gasteiger partial charge in [-0.05, 0) is 31.2 Å². The van der Waals surface area contributed by atoms with Crippen LogP contribution in [0.3, 0.4) is 0 Å². The minimum atomic E-state index is -0.810. The van der Waals surface area contributed by atoms with E-state index in [9.17, 15) is 10.1 Å². The lowest BCUT2D eigenvalue weighted by Crippen LogP contribution is -2.13. The molecule has 3 heterocycles. The highest BCUT2D eigenvalue weighted by molar-refractivity contribution is 7.99. The van der Waals surface area contributed by atoms with Gasteiger partial charge in [0.2, 0.25) is 0 Å². The summed E-state index contributed by atoms with van der Waals surface area (Å²) in [7, 11) is 0. The van der Waals surface area contributed by atoms with E-state index in [1.807, 2.05) is 29.8 Å². The predicted molar refractivity (Wildman–Crippen MR) is 103 cm³/mol. The molecule has 0 saturated heterocycles. The third-order valence-corrected chi connectivity index (χ3v) is 6.86. The van der Waals surface area contributed by atoms with Crippen LogP contribution < -0.4 is 0 Å². The van der Waals surface area contributed by atoms with E-state index < -0.39 is 5.92 Å². The molecule has 1 fully saturated rings. The number of Topliss-reactive ketones (excluding diaryl/α,β-unsaturated/α-hetero) is 1. The molecule has 0 aromatic carbocycles. The quantitative estimate of drug-likeness (QED) is 0.555. The number of carbonyl (C=O) groups excluding carboxylic acids is 1. The molecule has 6 nitrogen and oxygen atoms in total. The molecule has 0 amide bonds. The fraction of sp³-hybridized carbons (Fsp3) is 0.353. The number of thiophene rings is 1. The number of carbonyl (C=O) groups is 1. The Kier molecular flexibility index (Phi) is 4.89. The van der Waals surface area contributed by atoms with Crippen LogP contribution in [0, 0.1) is 18.3 Å². The van der Waals surface area contributed by atoms with E-state index in [4.69, 9.17) is 0 Å². The van der Waals surface area contributed by atoms with Crippen LogP contribution in [0.15, 0.2) is 28.0 Å². The molecule has 0 N–H and O–H groups in total. The van der Waals surface area contributed by atoms with Crippen LogP contribution in [0.1, 0.15) is 35.5 Å². The van der Waals surface area contributed by atoms with Gasteiger partial charge in [0.05, 0.1) is 16.7 Å². The van der Waals surface area contributed by atoms with Crippen molar-refractivity contribution in [2.75, 3.05) is 5.75 Å². The molecule has 3 aromatic heterocycles. The van der Waals surface area contributed by atoms with Crippen LogP contribution in [0.25, 0.3) is 10.7 Å². The predicted octanol–water partition coefficient (Wildman–Crippen LogP) is 4.08. The summed E-state index contributed by atoms with van der Waals surface area (Å²) in [5, 5.41) is 23.2. The SMILES string of the molecule is Cc1csc([C@@H](C#N)C(=O)CSc2nnc(-c3cccs3)n2C2CC2)n1. The number of ketones is 1. The summed E-state index contributed by atoms with van der Waals surface area (Å²) < 4.78 is 2.14. The van der Waals surface area contributed by atoms with Crippen molar-refractivity contribution < 1.29 is 4.79 Å². The second kappa shape index (κ2) is 7.31. The summed E-state index contributed by atoms with van der Waals surface area (Å²) in [5.74, 6) is 0.0987. The Bertz CT molecular complexity index is 965. The number of aromatic nitrogens is 4. The standard InChI is InChI=1S/C17H15N5OS3/c1-10-8-25-16(19-10)12(7-18)13(23)9-26-17-21-20-15(14-3-2-6-24-14)22(17)11-4-5-11/h2-3,6,8,11-12H,4-5,9H2,1H3/t12-/m0/s1. The molecule has 26 heavy (non-hydrogen) atoms. The molecule has 4 rings (SSSR count). The normalized spacial score (nSPS) is 14.9. The number of nitrogens with zero attached hydrogens (tertiary/aromatic N) is 5. The molecule has 1 aliphatic carbocycles. The monoisotopic (exact) mass is 401 g/mol. The van der Waals surface area contributed by atoms with Crippen LogP contribution in [-0.2, 0) is 4.79 Å². The minimum absolute atomic E-state index is 0.144. The molecule has 0 bridgehead atoms. The Morgan fingerprint density at radius 1 is 1.46 bits per heavy atom. The Hall–Kier alpha value is -2.02. The van der Waals surface area contributed by atoms with Crippen molar-refractivity contribution in [3.05, 3.63) is 33.6 Å². The third-order valence-electron chi connectivity index (χ3n) is 4.00. The van der Waals surface area contributed by atoms with Gasteiger partial charge in [-0.3, -0.25) is 9.36 Å². The number of hydrogen-bond donors (Lipinski definition) is 0. The van der Waals surface area contributed by atoms with E-state index >= 15 is 0 Å². The largest absolute Gasteiger partial charge is 0.298 e. The molecular formula is C17H15N5OS3. The maximum atomic E-state index is 12.6. The first-order chi connectivity index (χ1) is 12.7. The summed E-state index contributed by atoms with van der Waals surface area (Å²) in [6.07, 6.45) is 2.22. The van der Waals surface area contributed by atoms with Crippen LogP contribution in [0.5, 0.6) is 0 Å². The second-order valence-electron chi connectivity index (χ2n) is 6.03. The van der Waals surface area contributed by atoms with Gasteiger partial charge in [0.25, 0.3) is 0 Å². The fourth-order valence-electron chi connectivity index (χ4n) is 2.60. The Balaban J connectivity index is 1.51. The molecule has 1 aliphatic rings. The van der Waals surface area contributed by atoms with Crippen LogP contribution in [-0.4, -0.2) is 31.3 Å². The Labute approximate surface area is 162 Å². The topological polar surface area (TPSA) is 84.5 Å². The average molecular weight is 402 g/mol. The maximum Gasteiger partial charge on any atom is 0.192 e. The number of thiazole rings is 1. The molecule has 0 radical (unpaired) electrons. The summed E-state index contributed by atoms with van der Waals surface area (Å²) >= 11 is 4.35. The van der Waals surface area contributed by atoms with Crippen molar-refractivity contribution in [1.29, 1.82) is 5.26 Å². The number of rotatable bonds is 7. The van der Waals surface area contributed by atoms with Crippen molar-refractivity contribution in [3.63, 3.8) is 0 Å². The number of aryl methyl sites for hydroxylation is 1. The molecule has 0 spiro atoms. The van der Waals surface area contributed by atoms with Crippen molar-refractivity contribution in [1.82, 2.24) is 19.7 Å². The zero-order chi connectivity index (χ0) is 18.1. The van der Waals surface area contributed by atoms with Gasteiger partial charge in [-0.25, -0.2) is 4.98 Å². The first-order valence-electron chi connectivity index (χ1n) is 8.13. The Morgan fingerprint density at radius 3 is 2.92 bits per heavy atom. The zero-order valence-corrected chi connectivity index (χ0v) is 16.4. The van der Waals surface area contributed by atoms with Gasteiger partial charge >= 0.3 is 0 Å². The molecule has 0 aliphatic heterocycles. The van der Waals surface area contributed by atoms with Gasteiger partial charge < -0.3 is 0 Å². The van der Waals surface area contributed by atoms with E-state index in [0.29, 0.717) is 11.0 Å². The third kappa shape index (κ3) is 3.45. The smallest absolute Gasteiger partial charge is 0.192 e. The molecule has 1 atom stereocenters. The van der Waals surface area contributed by atoms with E-state index in [-0.39, 0.29) is 11.5 Å². The van der Waals surface area contributed by atoms with Gasteiger partial charge in [-0.15, -0.1) is 32.9 Å². The second-order valence-corrected chi connectivity index (χ2v) is 8.81. The van der Waals surface area contributed by atoms with Crippen LogP contribution in [0.2, 0.25) is 0 Å². The molecule has 9 heteroatoms. The van der Waals surface area contributed by atoms with E-state index in [1.165, 1.54) is 23.1 Å². The summed E-state index contributed by atoms with van der Waals surface area (Å²) in [6, 6.07) is 6.53. The highest BCUT2D eigenvalue weighted by atomic mass is 32.2. The van der Waals surface area contributed by atoms with Gasteiger partial charge in [0.15, 0.2) is 22.7 Å². The Morgan fingerprint density at radius 2 is 2.31 bits per heavy atom. The lowest BCUT2D eigenvalue weighted by Gasteiger charge is -2.08. The summed E-state index contributed by atoms with van der Waals surface area (Å²) in [5.41, 5.74) is 0.833. The fourth-order valence-corrected chi connectivity index (χ4v) is 5.08. The van der Waals surface area contributed by atoms with Crippen molar-refractivity contribution in [2.24, 2.45) is 0 Å². The van der Waals surface area contributed by atoms with Crippen molar-refractivity contribution >= 4 is 40.2 Å². The van der Waals surface area contributed by atoms with Gasteiger partial charge in [-0.1, -0.05) is 17.8 Å². The molecule has 3 aromatic rings. The summed E-state index contributed by atoms with van der Waals surface area (Å²) in [6.45, 7) is 1.86. The highest BCUT2D eigenvalue weighted by Gasteiger charge is 2.31. The summed E-state index contributed by atoms with van der Waals surface area (Å²) in [4.78, 5) is 17.9. The van der Waals surface area contributed by atoms with Gasteiger partial charge in [-0.2, -0.15) is 5.26 Å². The first-order valence-corrected chi connectivity index (χ1v) is 10.9. The van der Waals surface area contributed by atoms with Gasteiger partial charge in [0.1, 0.15) is 5.01 Å². The highest BCUT2D eigenvalue weighted by Crippen LogP contribution is 2.41. The first kappa shape index (κ1) is 17.4. The molecule has 1 saturated carbocycles. The van der Waals surface area contributed by atoms with Crippen LogP contribution >= 0.6 is 34.4 Å².